The molecular weight excluding hydrogens is 188 g/mol. The van der Waals surface area contributed by atoms with Crippen molar-refractivity contribution in [1.29, 1.82) is 0 Å². The lowest BCUT2D eigenvalue weighted by atomic mass is 9.86. The quantitative estimate of drug-likeness (QED) is 0.798. The molecule has 3 N–H and O–H groups in total. The van der Waals surface area contributed by atoms with Crippen molar-refractivity contribution in [2.45, 2.75) is 39.7 Å². The van der Waals surface area contributed by atoms with E-state index in [0.29, 0.717) is 0 Å². The summed E-state index contributed by atoms with van der Waals surface area (Å²) in [5.41, 5.74) is 7.49. The number of aliphatic hydroxyl groups excluding tert-OH is 1. The maximum absolute atomic E-state index is 9.88. The first-order valence-corrected chi connectivity index (χ1v) is 5.27. The van der Waals surface area contributed by atoms with Gasteiger partial charge in [-0.05, 0) is 29.9 Å². The fourth-order valence-corrected chi connectivity index (χ4v) is 1.37. The number of hydrogen-bond acceptors (Lipinski definition) is 3. The molecule has 0 amide bonds. The van der Waals surface area contributed by atoms with E-state index in [1.54, 1.807) is 18.5 Å². The number of rotatable bonds is 3. The second-order valence-electron chi connectivity index (χ2n) is 4.99. The first-order chi connectivity index (χ1) is 6.91. The van der Waals surface area contributed by atoms with E-state index in [1.165, 1.54) is 0 Å². The zero-order chi connectivity index (χ0) is 11.5. The van der Waals surface area contributed by atoms with Crippen LogP contribution in [0.25, 0.3) is 0 Å². The van der Waals surface area contributed by atoms with Gasteiger partial charge >= 0.3 is 0 Å². The number of nitrogens with two attached hydrogens (primary N) is 1. The van der Waals surface area contributed by atoms with Gasteiger partial charge in [-0.3, -0.25) is 4.98 Å². The van der Waals surface area contributed by atoms with Gasteiger partial charge in [0.1, 0.15) is 0 Å². The van der Waals surface area contributed by atoms with E-state index in [1.807, 2.05) is 20.8 Å². The van der Waals surface area contributed by atoms with Crippen LogP contribution in [0.4, 0.5) is 5.69 Å². The fraction of sp³-hybridized carbons (Fsp3) is 0.583. The number of nitrogen functional groups attached to an aromatic ring is 1. The fourth-order valence-electron chi connectivity index (χ4n) is 1.37. The first-order valence-electron chi connectivity index (χ1n) is 5.27. The minimum atomic E-state index is -0.308. The molecule has 3 nitrogen and oxygen atoms in total. The first kappa shape index (κ1) is 12.0. The smallest absolute Gasteiger partial charge is 0.0591 e. The van der Waals surface area contributed by atoms with Gasteiger partial charge in [-0.25, -0.2) is 0 Å². The summed E-state index contributed by atoms with van der Waals surface area (Å²) in [5, 5.41) is 9.88. The molecule has 0 aromatic carbocycles. The summed E-state index contributed by atoms with van der Waals surface area (Å²) in [6.07, 6.45) is 4.64. The Morgan fingerprint density at radius 2 is 2.13 bits per heavy atom. The molecule has 1 unspecified atom stereocenters. The number of aliphatic hydroxyl groups is 1. The third kappa shape index (κ3) is 3.51. The Kier molecular flexibility index (Phi) is 3.69. The second kappa shape index (κ2) is 4.62. The summed E-state index contributed by atoms with van der Waals surface area (Å²) >= 11 is 0. The maximum Gasteiger partial charge on any atom is 0.0591 e. The van der Waals surface area contributed by atoms with Gasteiger partial charge in [-0.1, -0.05) is 20.8 Å². The van der Waals surface area contributed by atoms with E-state index in [0.717, 1.165) is 24.1 Å². The van der Waals surface area contributed by atoms with Crippen LogP contribution < -0.4 is 5.73 Å². The third-order valence-corrected chi connectivity index (χ3v) is 2.63. The Morgan fingerprint density at radius 3 is 2.67 bits per heavy atom. The molecule has 1 aromatic rings. The predicted octanol–water partition coefficient (Wildman–Crippen LogP) is 2.00. The Labute approximate surface area is 91.3 Å². The lowest BCUT2D eigenvalue weighted by Gasteiger charge is -2.25. The van der Waals surface area contributed by atoms with Crippen molar-refractivity contribution in [2.24, 2.45) is 5.41 Å². The minimum absolute atomic E-state index is 0.0724. The molecule has 0 fully saturated rings. The Balaban J connectivity index is 2.55. The van der Waals surface area contributed by atoms with Gasteiger partial charge in [-0.2, -0.15) is 0 Å². The summed E-state index contributed by atoms with van der Waals surface area (Å²) in [4.78, 5) is 4.02. The average molecular weight is 208 g/mol. The van der Waals surface area contributed by atoms with Crippen molar-refractivity contribution >= 4 is 5.69 Å². The molecule has 1 atom stereocenters. The van der Waals surface area contributed by atoms with Crippen LogP contribution in [0, 0.1) is 5.41 Å². The molecule has 0 aliphatic carbocycles. The number of pyridine rings is 1. The molecular formula is C12H20N2O. The van der Waals surface area contributed by atoms with Gasteiger partial charge in [0.15, 0.2) is 0 Å². The van der Waals surface area contributed by atoms with Crippen LogP contribution in [0.15, 0.2) is 18.5 Å². The van der Waals surface area contributed by atoms with Gasteiger partial charge < -0.3 is 10.8 Å². The highest BCUT2D eigenvalue weighted by Crippen LogP contribution is 2.23. The van der Waals surface area contributed by atoms with Crippen molar-refractivity contribution in [1.82, 2.24) is 4.98 Å². The predicted molar refractivity (Wildman–Crippen MR) is 62.4 cm³/mol. The minimum Gasteiger partial charge on any atom is -0.398 e. The number of hydrogen-bond donors (Lipinski definition) is 2. The Morgan fingerprint density at radius 1 is 1.47 bits per heavy atom. The zero-order valence-electron chi connectivity index (χ0n) is 9.70. The molecule has 0 saturated carbocycles. The lowest BCUT2D eigenvalue weighted by molar-refractivity contribution is 0.0560. The number of anilines is 1. The van der Waals surface area contributed by atoms with Gasteiger partial charge in [-0.15, -0.1) is 0 Å². The van der Waals surface area contributed by atoms with E-state index in [2.05, 4.69) is 4.98 Å². The number of aromatic nitrogens is 1. The topological polar surface area (TPSA) is 59.1 Å². The van der Waals surface area contributed by atoms with Gasteiger partial charge in [0.05, 0.1) is 6.10 Å². The summed E-state index contributed by atoms with van der Waals surface area (Å²) in [7, 11) is 0. The van der Waals surface area contributed by atoms with Crippen LogP contribution in [-0.4, -0.2) is 16.2 Å². The number of aryl methyl sites for hydroxylation is 1. The highest BCUT2D eigenvalue weighted by atomic mass is 16.3. The Bertz CT molecular complexity index is 318. The van der Waals surface area contributed by atoms with Crippen molar-refractivity contribution < 1.29 is 5.11 Å². The molecule has 1 heterocycles. The summed E-state index contributed by atoms with van der Waals surface area (Å²) in [6.45, 7) is 6.10. The molecule has 3 heteroatoms. The molecule has 84 valence electrons. The van der Waals surface area contributed by atoms with Gasteiger partial charge in [0.25, 0.3) is 0 Å². The van der Waals surface area contributed by atoms with Crippen LogP contribution in [-0.2, 0) is 6.42 Å². The normalized spacial score (nSPS) is 13.9. The molecule has 0 bridgehead atoms. The highest BCUT2D eigenvalue weighted by molar-refractivity contribution is 5.44. The molecule has 0 aliphatic rings. The molecule has 1 aromatic heterocycles. The maximum atomic E-state index is 9.88. The monoisotopic (exact) mass is 208 g/mol. The zero-order valence-corrected chi connectivity index (χ0v) is 9.70. The van der Waals surface area contributed by atoms with E-state index < -0.39 is 0 Å². The van der Waals surface area contributed by atoms with E-state index in [9.17, 15) is 5.11 Å². The highest BCUT2D eigenvalue weighted by Gasteiger charge is 2.21. The lowest BCUT2D eigenvalue weighted by Crippen LogP contribution is -2.26. The number of nitrogens with zero attached hydrogens (tertiary/aromatic N) is 1. The average Bonchev–Trinajstić information content (AvgIpc) is 2.14. The molecule has 0 radical (unpaired) electrons. The summed E-state index contributed by atoms with van der Waals surface area (Å²) < 4.78 is 0. The third-order valence-electron chi connectivity index (χ3n) is 2.63. The summed E-state index contributed by atoms with van der Waals surface area (Å²) in [5.74, 6) is 0. The van der Waals surface area contributed by atoms with E-state index >= 15 is 0 Å². The SMILES string of the molecule is CC(C)(C)C(O)CCc1cnccc1N. The van der Waals surface area contributed by atoms with Crippen LogP contribution in [0.2, 0.25) is 0 Å². The molecule has 1 rings (SSSR count). The largest absolute Gasteiger partial charge is 0.398 e. The van der Waals surface area contributed by atoms with Gasteiger partial charge in [0.2, 0.25) is 0 Å². The molecule has 15 heavy (non-hydrogen) atoms. The van der Waals surface area contributed by atoms with Crippen molar-refractivity contribution in [3.63, 3.8) is 0 Å². The van der Waals surface area contributed by atoms with Crippen LogP contribution in [0.3, 0.4) is 0 Å². The van der Waals surface area contributed by atoms with Crippen LogP contribution in [0.5, 0.6) is 0 Å². The Hall–Kier alpha value is -1.09. The van der Waals surface area contributed by atoms with Crippen molar-refractivity contribution in [3.05, 3.63) is 24.0 Å². The molecule has 0 spiro atoms. The summed E-state index contributed by atoms with van der Waals surface area (Å²) in [6, 6.07) is 1.79. The molecule has 0 aliphatic heterocycles. The van der Waals surface area contributed by atoms with E-state index in [4.69, 9.17) is 5.73 Å². The van der Waals surface area contributed by atoms with Gasteiger partial charge in [0, 0.05) is 18.1 Å². The van der Waals surface area contributed by atoms with Crippen molar-refractivity contribution in [3.8, 4) is 0 Å². The van der Waals surface area contributed by atoms with Crippen molar-refractivity contribution in [2.75, 3.05) is 5.73 Å². The van der Waals surface area contributed by atoms with E-state index in [-0.39, 0.29) is 11.5 Å². The van der Waals surface area contributed by atoms with Crippen LogP contribution >= 0.6 is 0 Å². The van der Waals surface area contributed by atoms with Crippen LogP contribution in [0.1, 0.15) is 32.8 Å². The standard InChI is InChI=1S/C12H20N2O/c1-12(2,3)11(15)5-4-9-8-14-7-6-10(9)13/h6-8,11,15H,4-5H2,1-3H3,(H2,13,14). The molecule has 0 saturated heterocycles. The second-order valence-corrected chi connectivity index (χ2v) is 4.99.